The third kappa shape index (κ3) is 4.65. The maximum atomic E-state index is 12.8. The van der Waals surface area contributed by atoms with Gasteiger partial charge in [-0.25, -0.2) is 9.98 Å². The van der Waals surface area contributed by atoms with Crippen molar-refractivity contribution in [2.75, 3.05) is 6.54 Å². The molecule has 11 heteroatoms. The van der Waals surface area contributed by atoms with E-state index in [1.54, 1.807) is 0 Å². The molecule has 0 amide bonds. The molecule has 0 aromatic carbocycles. The van der Waals surface area contributed by atoms with Crippen LogP contribution in [0.4, 0.5) is 8.78 Å². The van der Waals surface area contributed by atoms with E-state index >= 15 is 0 Å². The van der Waals surface area contributed by atoms with Crippen molar-refractivity contribution >= 4 is 35.6 Å². The third-order valence-corrected chi connectivity index (χ3v) is 3.48. The highest BCUT2D eigenvalue weighted by atomic mass is 127. The van der Waals surface area contributed by atoms with Crippen molar-refractivity contribution < 1.29 is 8.78 Å². The number of imidazole rings is 1. The fraction of sp³-hybridized carbons (Fsp3) is 0.333. The normalized spacial score (nSPS) is 11.6. The molecule has 26 heavy (non-hydrogen) atoms. The molecule has 0 aliphatic carbocycles. The zero-order chi connectivity index (χ0) is 17.6. The van der Waals surface area contributed by atoms with Crippen molar-refractivity contribution in [3.8, 4) is 0 Å². The second-order valence-corrected chi connectivity index (χ2v) is 5.12. The van der Waals surface area contributed by atoms with Gasteiger partial charge in [-0.15, -0.1) is 34.2 Å². The molecular weight excluding hydrogens is 457 g/mol. The number of fused-ring (bicyclic) bond motifs is 1. The number of nitrogens with zero attached hydrogens (tertiary/aromatic N) is 6. The monoisotopic (exact) mass is 476 g/mol. The van der Waals surface area contributed by atoms with Crippen LogP contribution in [0.25, 0.3) is 5.65 Å². The van der Waals surface area contributed by atoms with E-state index in [0.717, 1.165) is 10.2 Å². The molecule has 0 saturated heterocycles. The van der Waals surface area contributed by atoms with Crippen molar-refractivity contribution in [1.82, 2.24) is 34.8 Å². The van der Waals surface area contributed by atoms with Gasteiger partial charge < -0.3 is 10.6 Å². The van der Waals surface area contributed by atoms with Crippen LogP contribution in [-0.2, 0) is 13.1 Å². The summed E-state index contributed by atoms with van der Waals surface area (Å²) >= 11 is 0. The Hall–Kier alpha value is -2.31. The van der Waals surface area contributed by atoms with Crippen LogP contribution in [0.1, 0.15) is 25.1 Å². The van der Waals surface area contributed by atoms with Crippen molar-refractivity contribution in [1.29, 1.82) is 0 Å². The number of aliphatic imine (C=N–C) groups is 1. The molecule has 0 unspecified atom stereocenters. The SMILES string of the molecule is CCNC(=NCc1nnc2ccccn12)NCc1nccn1C(F)F.I. The summed E-state index contributed by atoms with van der Waals surface area (Å²) in [5.74, 6) is 1.40. The van der Waals surface area contributed by atoms with E-state index in [1.807, 2.05) is 35.7 Å². The van der Waals surface area contributed by atoms with E-state index in [-0.39, 0.29) is 36.3 Å². The summed E-state index contributed by atoms with van der Waals surface area (Å²) in [5, 5.41) is 14.2. The van der Waals surface area contributed by atoms with Gasteiger partial charge in [0.15, 0.2) is 17.4 Å². The highest BCUT2D eigenvalue weighted by Crippen LogP contribution is 2.12. The Morgan fingerprint density at radius 2 is 2.04 bits per heavy atom. The lowest BCUT2D eigenvalue weighted by atomic mass is 10.4. The predicted octanol–water partition coefficient (Wildman–Crippen LogP) is 2.19. The smallest absolute Gasteiger partial charge is 0.319 e. The fourth-order valence-corrected chi connectivity index (χ4v) is 2.31. The number of nitrogens with one attached hydrogen (secondary N) is 2. The summed E-state index contributed by atoms with van der Waals surface area (Å²) in [6.07, 6.45) is 4.45. The minimum absolute atomic E-state index is 0. The molecule has 140 valence electrons. The Labute approximate surface area is 165 Å². The van der Waals surface area contributed by atoms with Gasteiger partial charge in [0.05, 0.1) is 6.54 Å². The van der Waals surface area contributed by atoms with Crippen LogP contribution in [0.3, 0.4) is 0 Å². The first-order valence-electron chi connectivity index (χ1n) is 7.79. The lowest BCUT2D eigenvalue weighted by Gasteiger charge is -2.12. The molecule has 0 spiro atoms. The fourth-order valence-electron chi connectivity index (χ4n) is 2.31. The van der Waals surface area contributed by atoms with Crippen molar-refractivity contribution in [3.63, 3.8) is 0 Å². The summed E-state index contributed by atoms with van der Waals surface area (Å²) in [4.78, 5) is 8.36. The van der Waals surface area contributed by atoms with E-state index < -0.39 is 6.55 Å². The summed E-state index contributed by atoms with van der Waals surface area (Å²) in [5.41, 5.74) is 0.740. The molecule has 3 aromatic rings. The zero-order valence-electron chi connectivity index (χ0n) is 14.0. The second-order valence-electron chi connectivity index (χ2n) is 5.12. The Morgan fingerprint density at radius 1 is 1.19 bits per heavy atom. The van der Waals surface area contributed by atoms with Crippen LogP contribution in [0.15, 0.2) is 41.8 Å². The number of hydrogen-bond acceptors (Lipinski definition) is 4. The maximum absolute atomic E-state index is 12.8. The van der Waals surface area contributed by atoms with E-state index in [9.17, 15) is 8.78 Å². The molecule has 0 saturated carbocycles. The summed E-state index contributed by atoms with van der Waals surface area (Å²) in [6, 6.07) is 5.62. The van der Waals surface area contributed by atoms with Crippen molar-refractivity contribution in [2.45, 2.75) is 26.6 Å². The first-order valence-corrected chi connectivity index (χ1v) is 7.79. The molecular formula is C15H19F2IN8. The highest BCUT2D eigenvalue weighted by molar-refractivity contribution is 14.0. The van der Waals surface area contributed by atoms with E-state index in [0.29, 0.717) is 24.9 Å². The molecule has 0 atom stereocenters. The molecule has 8 nitrogen and oxygen atoms in total. The number of rotatable bonds is 6. The molecule has 3 rings (SSSR count). The van der Waals surface area contributed by atoms with Crippen LogP contribution >= 0.6 is 24.0 Å². The molecule has 3 heterocycles. The number of hydrogen-bond donors (Lipinski definition) is 2. The van der Waals surface area contributed by atoms with Crippen molar-refractivity contribution in [3.05, 3.63) is 48.4 Å². The number of alkyl halides is 2. The third-order valence-electron chi connectivity index (χ3n) is 3.48. The van der Waals surface area contributed by atoms with Crippen molar-refractivity contribution in [2.24, 2.45) is 4.99 Å². The first-order chi connectivity index (χ1) is 12.2. The van der Waals surface area contributed by atoms with Gasteiger partial charge in [0.1, 0.15) is 12.4 Å². The average molecular weight is 476 g/mol. The van der Waals surface area contributed by atoms with E-state index in [1.165, 1.54) is 12.4 Å². The molecule has 0 bridgehead atoms. The minimum Gasteiger partial charge on any atom is -0.357 e. The van der Waals surface area contributed by atoms with Gasteiger partial charge >= 0.3 is 6.55 Å². The van der Waals surface area contributed by atoms with Crippen LogP contribution in [0.2, 0.25) is 0 Å². The van der Waals surface area contributed by atoms with Gasteiger partial charge in [-0.2, -0.15) is 8.78 Å². The van der Waals surface area contributed by atoms with Crippen LogP contribution in [0.5, 0.6) is 0 Å². The highest BCUT2D eigenvalue weighted by Gasteiger charge is 2.11. The number of pyridine rings is 1. The predicted molar refractivity (Wildman–Crippen MR) is 104 cm³/mol. The Balaban J connectivity index is 0.00000243. The van der Waals surface area contributed by atoms with Gasteiger partial charge in [0.2, 0.25) is 0 Å². The molecule has 0 aliphatic rings. The second kappa shape index (κ2) is 9.40. The average Bonchev–Trinajstić information content (AvgIpc) is 3.24. The summed E-state index contributed by atoms with van der Waals surface area (Å²) < 4.78 is 28.3. The van der Waals surface area contributed by atoms with Gasteiger partial charge in [-0.3, -0.25) is 8.97 Å². The van der Waals surface area contributed by atoms with Crippen LogP contribution in [0, 0.1) is 0 Å². The number of halogens is 3. The first kappa shape index (κ1) is 20.0. The molecule has 0 aliphatic heterocycles. The zero-order valence-corrected chi connectivity index (χ0v) is 16.3. The summed E-state index contributed by atoms with van der Waals surface area (Å²) in [7, 11) is 0. The number of guanidine groups is 1. The van der Waals surface area contributed by atoms with E-state index in [2.05, 4.69) is 30.8 Å². The van der Waals surface area contributed by atoms with E-state index in [4.69, 9.17) is 0 Å². The van der Waals surface area contributed by atoms with Gasteiger partial charge in [0, 0.05) is 25.1 Å². The van der Waals surface area contributed by atoms with Gasteiger partial charge in [0.25, 0.3) is 0 Å². The topological polar surface area (TPSA) is 84.4 Å². The molecule has 3 aromatic heterocycles. The molecule has 0 fully saturated rings. The Kier molecular flexibility index (Phi) is 7.24. The maximum Gasteiger partial charge on any atom is 0.319 e. The minimum atomic E-state index is -2.62. The quantitative estimate of drug-likeness (QED) is 0.324. The largest absolute Gasteiger partial charge is 0.357 e. The molecule has 2 N–H and O–H groups in total. The number of aromatic nitrogens is 5. The van der Waals surface area contributed by atoms with Crippen LogP contribution < -0.4 is 10.6 Å². The summed E-state index contributed by atoms with van der Waals surface area (Å²) in [6.45, 7) is 0.355. The standard InChI is InChI=1S/C15H18F2N8.HI/c1-2-18-15(20-9-12-19-6-8-25(12)14(16)17)21-10-13-23-22-11-5-3-4-7-24(11)13;/h3-8,14H,2,9-10H2,1H3,(H2,18,20,21);1H. The van der Waals surface area contributed by atoms with Crippen LogP contribution in [-0.4, -0.2) is 36.7 Å². The van der Waals surface area contributed by atoms with Gasteiger partial charge in [-0.05, 0) is 19.1 Å². The lowest BCUT2D eigenvalue weighted by Crippen LogP contribution is -2.37. The van der Waals surface area contributed by atoms with Gasteiger partial charge in [-0.1, -0.05) is 6.07 Å². The Bertz CT molecular complexity index is 860. The lowest BCUT2D eigenvalue weighted by molar-refractivity contribution is 0.0668. The Morgan fingerprint density at radius 3 is 2.81 bits per heavy atom. The molecule has 0 radical (unpaired) electrons.